The van der Waals surface area contributed by atoms with Gasteiger partial charge in [0.05, 0.1) is 0 Å². The maximum absolute atomic E-state index is 3.57. The minimum absolute atomic E-state index is 0.546. The van der Waals surface area contributed by atoms with E-state index in [1.165, 1.54) is 51.7 Å². The highest BCUT2D eigenvalue weighted by Gasteiger charge is 2.25. The van der Waals surface area contributed by atoms with E-state index in [1.54, 1.807) is 0 Å². The van der Waals surface area contributed by atoms with Crippen LogP contribution in [0.1, 0.15) is 59.8 Å². The minimum Gasteiger partial charge on any atom is -0.314 e. The van der Waals surface area contributed by atoms with Crippen molar-refractivity contribution in [3.05, 3.63) is 0 Å². The van der Waals surface area contributed by atoms with Crippen molar-refractivity contribution in [2.24, 2.45) is 5.41 Å². The molecule has 1 N–H and O–H groups in total. The molecule has 0 aromatic rings. The second kappa shape index (κ2) is 7.38. The Bertz CT molecular complexity index is 201. The SMILES string of the molecule is CCNC(CC)CCCN1CCCC(C)(C)C1. The largest absolute Gasteiger partial charge is 0.314 e. The van der Waals surface area contributed by atoms with Gasteiger partial charge in [-0.15, -0.1) is 0 Å². The van der Waals surface area contributed by atoms with Gasteiger partial charge in [-0.2, -0.15) is 0 Å². The third kappa shape index (κ3) is 5.87. The first-order chi connectivity index (χ1) is 8.07. The van der Waals surface area contributed by atoms with Gasteiger partial charge in [-0.05, 0) is 57.2 Å². The molecule has 0 radical (unpaired) electrons. The summed E-state index contributed by atoms with van der Waals surface area (Å²) in [5, 5.41) is 3.57. The van der Waals surface area contributed by atoms with Crippen LogP contribution in [0.15, 0.2) is 0 Å². The highest BCUT2D eigenvalue weighted by Crippen LogP contribution is 2.28. The molecule has 1 unspecified atom stereocenters. The second-order valence-electron chi connectivity index (χ2n) is 6.35. The van der Waals surface area contributed by atoms with Gasteiger partial charge in [-0.25, -0.2) is 0 Å². The maximum atomic E-state index is 3.57. The lowest BCUT2D eigenvalue weighted by Gasteiger charge is -2.38. The summed E-state index contributed by atoms with van der Waals surface area (Å²) in [5.74, 6) is 0. The first-order valence-electron chi connectivity index (χ1n) is 7.53. The molecule has 0 aliphatic carbocycles. The van der Waals surface area contributed by atoms with E-state index in [9.17, 15) is 0 Å². The van der Waals surface area contributed by atoms with Crippen LogP contribution in [0.2, 0.25) is 0 Å². The van der Waals surface area contributed by atoms with Crippen molar-refractivity contribution in [3.8, 4) is 0 Å². The third-order valence-electron chi connectivity index (χ3n) is 3.99. The van der Waals surface area contributed by atoms with Crippen molar-refractivity contribution in [1.82, 2.24) is 10.2 Å². The van der Waals surface area contributed by atoms with E-state index in [0.717, 1.165) is 12.6 Å². The Morgan fingerprint density at radius 3 is 2.65 bits per heavy atom. The Morgan fingerprint density at radius 1 is 1.29 bits per heavy atom. The maximum Gasteiger partial charge on any atom is 0.00647 e. The van der Waals surface area contributed by atoms with E-state index >= 15 is 0 Å². The lowest BCUT2D eigenvalue weighted by atomic mass is 9.84. The predicted octanol–water partition coefficient (Wildman–Crippen LogP) is 3.28. The van der Waals surface area contributed by atoms with Crippen LogP contribution in [-0.2, 0) is 0 Å². The molecule has 17 heavy (non-hydrogen) atoms. The van der Waals surface area contributed by atoms with Gasteiger partial charge in [0.25, 0.3) is 0 Å². The Balaban J connectivity index is 2.17. The Kier molecular flexibility index (Phi) is 6.50. The molecule has 0 aromatic heterocycles. The average molecular weight is 240 g/mol. The van der Waals surface area contributed by atoms with Gasteiger partial charge in [0, 0.05) is 12.6 Å². The quantitative estimate of drug-likeness (QED) is 0.735. The molecule has 1 aliphatic heterocycles. The molecule has 0 spiro atoms. The van der Waals surface area contributed by atoms with E-state index in [2.05, 4.69) is 37.9 Å². The Labute approximate surface area is 108 Å². The molecule has 2 nitrogen and oxygen atoms in total. The van der Waals surface area contributed by atoms with Crippen LogP contribution >= 0.6 is 0 Å². The standard InChI is InChI=1S/C15H32N2/c1-5-14(16-6-2)9-7-11-17-12-8-10-15(3,4)13-17/h14,16H,5-13H2,1-4H3. The van der Waals surface area contributed by atoms with Crippen LogP contribution in [0.3, 0.4) is 0 Å². The number of piperidine rings is 1. The highest BCUT2D eigenvalue weighted by atomic mass is 15.1. The molecular formula is C15H32N2. The van der Waals surface area contributed by atoms with Crippen molar-refractivity contribution in [1.29, 1.82) is 0 Å². The Morgan fingerprint density at radius 2 is 2.06 bits per heavy atom. The summed E-state index contributed by atoms with van der Waals surface area (Å²) in [6.07, 6.45) is 6.73. The highest BCUT2D eigenvalue weighted by molar-refractivity contribution is 4.79. The summed E-state index contributed by atoms with van der Waals surface area (Å²) in [6.45, 7) is 14.3. The molecule has 0 bridgehead atoms. The van der Waals surface area contributed by atoms with Crippen LogP contribution < -0.4 is 5.32 Å². The van der Waals surface area contributed by atoms with Gasteiger partial charge in [0.15, 0.2) is 0 Å². The number of hydrogen-bond acceptors (Lipinski definition) is 2. The van der Waals surface area contributed by atoms with Crippen LogP contribution in [-0.4, -0.2) is 37.1 Å². The lowest BCUT2D eigenvalue weighted by molar-refractivity contribution is 0.115. The van der Waals surface area contributed by atoms with Crippen LogP contribution in [0.5, 0.6) is 0 Å². The predicted molar refractivity (Wildman–Crippen MR) is 76.4 cm³/mol. The lowest BCUT2D eigenvalue weighted by Crippen LogP contribution is -2.40. The fourth-order valence-corrected chi connectivity index (χ4v) is 3.04. The van der Waals surface area contributed by atoms with Crippen molar-refractivity contribution in [2.45, 2.75) is 65.8 Å². The van der Waals surface area contributed by atoms with Crippen LogP contribution in [0.4, 0.5) is 0 Å². The van der Waals surface area contributed by atoms with Crippen molar-refractivity contribution in [2.75, 3.05) is 26.2 Å². The van der Waals surface area contributed by atoms with Crippen LogP contribution in [0.25, 0.3) is 0 Å². The Hall–Kier alpha value is -0.0800. The monoisotopic (exact) mass is 240 g/mol. The van der Waals surface area contributed by atoms with Crippen molar-refractivity contribution < 1.29 is 0 Å². The molecule has 102 valence electrons. The fraction of sp³-hybridized carbons (Fsp3) is 1.00. The zero-order chi connectivity index (χ0) is 12.7. The summed E-state index contributed by atoms with van der Waals surface area (Å²) >= 11 is 0. The third-order valence-corrected chi connectivity index (χ3v) is 3.99. The summed E-state index contributed by atoms with van der Waals surface area (Å²) in [5.41, 5.74) is 0.546. The molecule has 1 aliphatic rings. The van der Waals surface area contributed by atoms with Gasteiger partial charge in [0.2, 0.25) is 0 Å². The molecule has 1 fully saturated rings. The molecule has 1 atom stereocenters. The van der Waals surface area contributed by atoms with E-state index in [1.807, 2.05) is 0 Å². The number of rotatable bonds is 7. The van der Waals surface area contributed by atoms with Gasteiger partial charge < -0.3 is 10.2 Å². The van der Waals surface area contributed by atoms with Gasteiger partial charge in [-0.1, -0.05) is 27.7 Å². The average Bonchev–Trinajstić information content (AvgIpc) is 2.26. The zero-order valence-electron chi connectivity index (χ0n) is 12.4. The smallest absolute Gasteiger partial charge is 0.00647 e. The van der Waals surface area contributed by atoms with E-state index in [4.69, 9.17) is 0 Å². The molecule has 0 aromatic carbocycles. The summed E-state index contributed by atoms with van der Waals surface area (Å²) < 4.78 is 0. The second-order valence-corrected chi connectivity index (χ2v) is 6.35. The molecule has 0 amide bonds. The topological polar surface area (TPSA) is 15.3 Å². The van der Waals surface area contributed by atoms with E-state index in [-0.39, 0.29) is 0 Å². The molecular weight excluding hydrogens is 208 g/mol. The first-order valence-corrected chi connectivity index (χ1v) is 7.53. The number of hydrogen-bond donors (Lipinski definition) is 1. The number of nitrogens with zero attached hydrogens (tertiary/aromatic N) is 1. The van der Waals surface area contributed by atoms with E-state index in [0.29, 0.717) is 5.41 Å². The molecule has 0 saturated carbocycles. The number of nitrogens with one attached hydrogen (secondary N) is 1. The summed E-state index contributed by atoms with van der Waals surface area (Å²) in [7, 11) is 0. The molecule has 2 heteroatoms. The zero-order valence-corrected chi connectivity index (χ0v) is 12.4. The van der Waals surface area contributed by atoms with Gasteiger partial charge >= 0.3 is 0 Å². The first kappa shape index (κ1) is 15.0. The summed E-state index contributed by atoms with van der Waals surface area (Å²) in [6, 6.07) is 0.734. The molecule has 1 heterocycles. The minimum atomic E-state index is 0.546. The number of likely N-dealkylation sites (tertiary alicyclic amines) is 1. The fourth-order valence-electron chi connectivity index (χ4n) is 3.04. The van der Waals surface area contributed by atoms with Crippen molar-refractivity contribution in [3.63, 3.8) is 0 Å². The molecule has 1 saturated heterocycles. The van der Waals surface area contributed by atoms with Crippen LogP contribution in [0, 0.1) is 5.41 Å². The molecule has 1 rings (SSSR count). The van der Waals surface area contributed by atoms with Crippen molar-refractivity contribution >= 4 is 0 Å². The van der Waals surface area contributed by atoms with Gasteiger partial charge in [0.1, 0.15) is 0 Å². The van der Waals surface area contributed by atoms with Gasteiger partial charge in [-0.3, -0.25) is 0 Å². The normalized spacial score (nSPS) is 22.6. The van der Waals surface area contributed by atoms with E-state index < -0.39 is 0 Å². The summed E-state index contributed by atoms with van der Waals surface area (Å²) in [4.78, 5) is 2.67.